The maximum absolute atomic E-state index is 13.5. The molecule has 1 aliphatic rings. The lowest BCUT2D eigenvalue weighted by atomic mass is 9.97. The van der Waals surface area contributed by atoms with Gasteiger partial charge >= 0.3 is 5.97 Å². The van der Waals surface area contributed by atoms with Crippen LogP contribution in [0.2, 0.25) is 5.02 Å². The highest BCUT2D eigenvalue weighted by atomic mass is 35.5. The SMILES string of the molecule is CCOC(=O)C1CCCN(C(=O)c2cc(Sc3ccc(Cl)cc3)nc3ccccc23)C1. The molecule has 7 heteroatoms. The topological polar surface area (TPSA) is 59.5 Å². The van der Waals surface area contributed by atoms with E-state index in [4.69, 9.17) is 21.3 Å². The van der Waals surface area contributed by atoms with Gasteiger partial charge in [0.1, 0.15) is 5.03 Å². The van der Waals surface area contributed by atoms with Gasteiger partial charge in [0.15, 0.2) is 0 Å². The van der Waals surface area contributed by atoms with Crippen molar-refractivity contribution >= 4 is 46.1 Å². The van der Waals surface area contributed by atoms with Crippen LogP contribution in [0.3, 0.4) is 0 Å². The summed E-state index contributed by atoms with van der Waals surface area (Å²) in [6, 6.07) is 17.0. The number of carbonyl (C=O) groups is 2. The van der Waals surface area contributed by atoms with Crippen LogP contribution >= 0.6 is 23.4 Å². The van der Waals surface area contributed by atoms with Gasteiger partial charge in [-0.25, -0.2) is 4.98 Å². The van der Waals surface area contributed by atoms with E-state index >= 15 is 0 Å². The standard InChI is InChI=1S/C24H23ClN2O3S/c1-2-30-24(29)16-6-5-13-27(15-16)23(28)20-14-22(26-21-8-4-3-7-19(20)21)31-18-11-9-17(25)10-12-18/h3-4,7-12,14,16H,2,5-6,13,15H2,1H3. The minimum atomic E-state index is -0.270. The smallest absolute Gasteiger partial charge is 0.310 e. The Kier molecular flexibility index (Phi) is 6.78. The highest BCUT2D eigenvalue weighted by molar-refractivity contribution is 7.99. The summed E-state index contributed by atoms with van der Waals surface area (Å²) in [5, 5.41) is 2.22. The van der Waals surface area contributed by atoms with Gasteiger partial charge in [0, 0.05) is 28.4 Å². The summed E-state index contributed by atoms with van der Waals surface area (Å²) in [4.78, 5) is 33.2. The number of piperidine rings is 1. The van der Waals surface area contributed by atoms with Crippen molar-refractivity contribution in [1.82, 2.24) is 9.88 Å². The monoisotopic (exact) mass is 454 g/mol. The van der Waals surface area contributed by atoms with Gasteiger partial charge in [-0.2, -0.15) is 0 Å². The molecule has 0 saturated carbocycles. The largest absolute Gasteiger partial charge is 0.466 e. The third-order valence-corrected chi connectivity index (χ3v) is 6.47. The van der Waals surface area contributed by atoms with Gasteiger partial charge in [-0.3, -0.25) is 9.59 Å². The highest BCUT2D eigenvalue weighted by Gasteiger charge is 2.30. The molecular formula is C24H23ClN2O3S. The number of para-hydroxylation sites is 1. The number of pyridine rings is 1. The van der Waals surface area contributed by atoms with Crippen molar-refractivity contribution in [2.24, 2.45) is 5.92 Å². The Morgan fingerprint density at radius 2 is 1.97 bits per heavy atom. The van der Waals surface area contributed by atoms with Crippen LogP contribution in [-0.2, 0) is 9.53 Å². The Labute approximate surface area is 190 Å². The molecule has 2 aromatic carbocycles. The molecule has 2 heterocycles. The first-order chi connectivity index (χ1) is 15.0. The second-order valence-corrected chi connectivity index (χ2v) is 8.95. The van der Waals surface area contributed by atoms with Crippen LogP contribution in [0.4, 0.5) is 0 Å². The minimum Gasteiger partial charge on any atom is -0.466 e. The van der Waals surface area contributed by atoms with Crippen molar-refractivity contribution in [3.8, 4) is 0 Å². The van der Waals surface area contributed by atoms with E-state index in [2.05, 4.69) is 0 Å². The van der Waals surface area contributed by atoms with Gasteiger partial charge in [-0.1, -0.05) is 41.6 Å². The molecule has 31 heavy (non-hydrogen) atoms. The maximum atomic E-state index is 13.5. The second-order valence-electron chi connectivity index (χ2n) is 7.42. The van der Waals surface area contributed by atoms with Gasteiger partial charge in [0.2, 0.25) is 0 Å². The molecule has 0 spiro atoms. The molecule has 0 radical (unpaired) electrons. The first-order valence-electron chi connectivity index (χ1n) is 10.3. The van der Waals surface area contributed by atoms with Gasteiger partial charge in [0.25, 0.3) is 5.91 Å². The van der Waals surface area contributed by atoms with Gasteiger partial charge < -0.3 is 9.64 Å². The Morgan fingerprint density at radius 1 is 1.19 bits per heavy atom. The zero-order valence-electron chi connectivity index (χ0n) is 17.2. The number of halogens is 1. The normalized spacial score (nSPS) is 16.3. The summed E-state index contributed by atoms with van der Waals surface area (Å²) < 4.78 is 5.18. The van der Waals surface area contributed by atoms with Crippen molar-refractivity contribution in [3.63, 3.8) is 0 Å². The van der Waals surface area contributed by atoms with Crippen LogP contribution in [-0.4, -0.2) is 41.5 Å². The first-order valence-corrected chi connectivity index (χ1v) is 11.5. The van der Waals surface area contributed by atoms with Crippen molar-refractivity contribution < 1.29 is 14.3 Å². The molecule has 1 amide bonds. The van der Waals surface area contributed by atoms with Crippen molar-refractivity contribution in [3.05, 3.63) is 65.2 Å². The number of aromatic nitrogens is 1. The Morgan fingerprint density at radius 3 is 2.74 bits per heavy atom. The van der Waals surface area contributed by atoms with E-state index in [0.29, 0.717) is 30.3 Å². The molecule has 0 N–H and O–H groups in total. The molecule has 1 fully saturated rings. The fourth-order valence-electron chi connectivity index (χ4n) is 3.79. The number of ether oxygens (including phenoxy) is 1. The van der Waals surface area contributed by atoms with E-state index < -0.39 is 0 Å². The maximum Gasteiger partial charge on any atom is 0.310 e. The first kappa shape index (κ1) is 21.7. The lowest BCUT2D eigenvalue weighted by Crippen LogP contribution is -2.42. The molecule has 5 nitrogen and oxygen atoms in total. The number of hydrogen-bond donors (Lipinski definition) is 0. The number of rotatable bonds is 5. The molecule has 1 aliphatic heterocycles. The number of likely N-dealkylation sites (tertiary alicyclic amines) is 1. The van der Waals surface area contributed by atoms with E-state index in [9.17, 15) is 9.59 Å². The lowest BCUT2D eigenvalue weighted by Gasteiger charge is -2.32. The molecule has 0 aliphatic carbocycles. The summed E-state index contributed by atoms with van der Waals surface area (Å²) in [6.07, 6.45) is 1.53. The van der Waals surface area contributed by atoms with Gasteiger partial charge in [0.05, 0.1) is 23.6 Å². The number of esters is 1. The summed E-state index contributed by atoms with van der Waals surface area (Å²) in [5.41, 5.74) is 1.37. The molecule has 4 rings (SSSR count). The second kappa shape index (κ2) is 9.71. The summed E-state index contributed by atoms with van der Waals surface area (Å²) in [6.45, 7) is 3.16. The van der Waals surface area contributed by atoms with Crippen molar-refractivity contribution in [1.29, 1.82) is 0 Å². The minimum absolute atomic E-state index is 0.0782. The predicted octanol–water partition coefficient (Wildman–Crippen LogP) is 5.45. The summed E-state index contributed by atoms with van der Waals surface area (Å²) in [5.74, 6) is -0.571. The molecular weight excluding hydrogens is 432 g/mol. The van der Waals surface area contributed by atoms with E-state index in [0.717, 1.165) is 33.7 Å². The summed E-state index contributed by atoms with van der Waals surface area (Å²) in [7, 11) is 0. The van der Waals surface area contributed by atoms with E-state index in [-0.39, 0.29) is 17.8 Å². The average Bonchev–Trinajstić information content (AvgIpc) is 2.80. The fourth-order valence-corrected chi connectivity index (χ4v) is 4.75. The Balaban J connectivity index is 1.64. The number of benzene rings is 2. The molecule has 1 unspecified atom stereocenters. The fraction of sp³-hybridized carbons (Fsp3) is 0.292. The van der Waals surface area contributed by atoms with E-state index in [1.165, 1.54) is 11.8 Å². The predicted molar refractivity (Wildman–Crippen MR) is 123 cm³/mol. The zero-order valence-corrected chi connectivity index (χ0v) is 18.8. The quantitative estimate of drug-likeness (QED) is 0.479. The Hall–Kier alpha value is -2.57. The number of hydrogen-bond acceptors (Lipinski definition) is 5. The van der Waals surface area contributed by atoms with Gasteiger partial charge in [-0.05, 0) is 56.2 Å². The van der Waals surface area contributed by atoms with E-state index in [1.807, 2.05) is 54.6 Å². The van der Waals surface area contributed by atoms with Crippen LogP contribution in [0.5, 0.6) is 0 Å². The number of fused-ring (bicyclic) bond motifs is 1. The molecule has 1 saturated heterocycles. The average molecular weight is 455 g/mol. The third kappa shape index (κ3) is 5.02. The highest BCUT2D eigenvalue weighted by Crippen LogP contribution is 2.31. The third-order valence-electron chi connectivity index (χ3n) is 5.29. The van der Waals surface area contributed by atoms with Crippen LogP contribution in [0.25, 0.3) is 10.9 Å². The molecule has 160 valence electrons. The number of carbonyl (C=O) groups excluding carboxylic acids is 2. The van der Waals surface area contributed by atoms with Crippen molar-refractivity contribution in [2.75, 3.05) is 19.7 Å². The van der Waals surface area contributed by atoms with Gasteiger partial charge in [-0.15, -0.1) is 0 Å². The van der Waals surface area contributed by atoms with Crippen LogP contribution < -0.4 is 0 Å². The van der Waals surface area contributed by atoms with Crippen LogP contribution in [0.15, 0.2) is 64.5 Å². The molecule has 3 aromatic rings. The molecule has 0 bridgehead atoms. The molecule has 1 aromatic heterocycles. The summed E-state index contributed by atoms with van der Waals surface area (Å²) >= 11 is 7.48. The number of nitrogens with zero attached hydrogens (tertiary/aromatic N) is 2. The molecule has 1 atom stereocenters. The van der Waals surface area contributed by atoms with Crippen LogP contribution in [0.1, 0.15) is 30.1 Å². The Bertz CT molecular complexity index is 1100. The van der Waals surface area contributed by atoms with Crippen LogP contribution in [0, 0.1) is 5.92 Å². The zero-order chi connectivity index (χ0) is 21.8. The van der Waals surface area contributed by atoms with E-state index in [1.54, 1.807) is 11.8 Å². The lowest BCUT2D eigenvalue weighted by molar-refractivity contribution is -0.149. The van der Waals surface area contributed by atoms with Crippen molar-refractivity contribution in [2.45, 2.75) is 29.7 Å². The number of amides is 1.